The molecule has 186 valence electrons. The highest BCUT2D eigenvalue weighted by Crippen LogP contribution is 2.21. The Hall–Kier alpha value is -3.01. The van der Waals surface area contributed by atoms with E-state index in [0.29, 0.717) is 23.7 Å². The molecule has 0 radical (unpaired) electrons. The lowest BCUT2D eigenvalue weighted by molar-refractivity contribution is -0.139. The van der Waals surface area contributed by atoms with E-state index in [2.05, 4.69) is 5.32 Å². The minimum absolute atomic E-state index is 0.177. The third kappa shape index (κ3) is 7.51. The van der Waals surface area contributed by atoms with E-state index < -0.39 is 40.2 Å². The van der Waals surface area contributed by atoms with Crippen LogP contribution in [0.4, 0.5) is 14.5 Å². The second-order valence-corrected chi connectivity index (χ2v) is 9.81. The lowest BCUT2D eigenvalue weighted by Gasteiger charge is -2.32. The predicted octanol–water partition coefficient (Wildman–Crippen LogP) is 3.11. The van der Waals surface area contributed by atoms with E-state index in [1.54, 1.807) is 6.92 Å². The van der Waals surface area contributed by atoms with Crippen LogP contribution in [0.3, 0.4) is 0 Å². The topological polar surface area (TPSA) is 86.8 Å². The van der Waals surface area contributed by atoms with Gasteiger partial charge in [0.05, 0.1) is 11.9 Å². The van der Waals surface area contributed by atoms with Gasteiger partial charge in [0.15, 0.2) is 11.6 Å². The molecule has 1 atom stereocenters. The number of rotatable bonds is 12. The summed E-state index contributed by atoms with van der Waals surface area (Å²) in [6.07, 6.45) is 2.37. The Bertz CT molecular complexity index is 1080. The van der Waals surface area contributed by atoms with Gasteiger partial charge in [-0.2, -0.15) is 0 Å². The fraction of sp³-hybridized carbons (Fsp3) is 0.417. The third-order valence-corrected chi connectivity index (χ3v) is 6.43. The van der Waals surface area contributed by atoms with Crippen molar-refractivity contribution < 1.29 is 26.8 Å². The standard InChI is InChI=1S/C24H31F2N3O4S/c1-4-14-27-24(31)22(5-2)28(15-13-18-9-7-6-8-10-18)23(30)17-29(34(3,32)33)19-11-12-20(25)21(26)16-19/h6-12,16,22H,4-5,13-15,17H2,1-3H3,(H,27,31)/t22-/m0/s1. The number of nitrogens with zero attached hydrogens (tertiary/aromatic N) is 2. The van der Waals surface area contributed by atoms with Crippen LogP contribution >= 0.6 is 0 Å². The van der Waals surface area contributed by atoms with Gasteiger partial charge in [0.25, 0.3) is 0 Å². The van der Waals surface area contributed by atoms with Crippen LogP contribution in [-0.4, -0.2) is 57.1 Å². The molecule has 0 unspecified atom stereocenters. The maximum absolute atomic E-state index is 13.8. The van der Waals surface area contributed by atoms with Crippen molar-refractivity contribution in [3.63, 3.8) is 0 Å². The summed E-state index contributed by atoms with van der Waals surface area (Å²) in [4.78, 5) is 27.6. The first-order chi connectivity index (χ1) is 16.1. The number of benzene rings is 2. The number of hydrogen-bond donors (Lipinski definition) is 1. The van der Waals surface area contributed by atoms with E-state index in [1.807, 2.05) is 37.3 Å². The molecule has 0 bridgehead atoms. The molecule has 2 aromatic carbocycles. The van der Waals surface area contributed by atoms with Crippen LogP contribution in [0.15, 0.2) is 48.5 Å². The van der Waals surface area contributed by atoms with Crippen LogP contribution in [0, 0.1) is 11.6 Å². The summed E-state index contributed by atoms with van der Waals surface area (Å²) >= 11 is 0. The van der Waals surface area contributed by atoms with Gasteiger partial charge in [-0.25, -0.2) is 17.2 Å². The molecule has 2 rings (SSSR count). The van der Waals surface area contributed by atoms with Crippen molar-refractivity contribution in [1.82, 2.24) is 10.2 Å². The van der Waals surface area contributed by atoms with Crippen molar-refractivity contribution in [2.45, 2.75) is 39.2 Å². The number of halogens is 2. The highest BCUT2D eigenvalue weighted by molar-refractivity contribution is 7.92. The molecule has 0 aliphatic heterocycles. The summed E-state index contributed by atoms with van der Waals surface area (Å²) in [6, 6.07) is 11.2. The van der Waals surface area contributed by atoms with Crippen LogP contribution in [0.2, 0.25) is 0 Å². The first-order valence-corrected chi connectivity index (χ1v) is 13.0. The molecule has 0 fully saturated rings. The number of carbonyl (C=O) groups is 2. The van der Waals surface area contributed by atoms with Gasteiger partial charge in [0, 0.05) is 19.2 Å². The van der Waals surface area contributed by atoms with Gasteiger partial charge >= 0.3 is 0 Å². The van der Waals surface area contributed by atoms with E-state index in [9.17, 15) is 26.8 Å². The molecule has 0 saturated carbocycles. The van der Waals surface area contributed by atoms with Gasteiger partial charge in [0.2, 0.25) is 21.8 Å². The van der Waals surface area contributed by atoms with Gasteiger partial charge < -0.3 is 10.2 Å². The van der Waals surface area contributed by atoms with E-state index in [-0.39, 0.29) is 18.1 Å². The molecule has 2 aromatic rings. The van der Waals surface area contributed by atoms with E-state index in [1.165, 1.54) is 4.90 Å². The van der Waals surface area contributed by atoms with Crippen LogP contribution in [0.25, 0.3) is 0 Å². The second-order valence-electron chi connectivity index (χ2n) is 7.91. The van der Waals surface area contributed by atoms with Crippen LogP contribution in [0.1, 0.15) is 32.3 Å². The van der Waals surface area contributed by atoms with Gasteiger partial charge in [-0.15, -0.1) is 0 Å². The molecule has 0 heterocycles. The SMILES string of the molecule is CCCNC(=O)[C@H](CC)N(CCc1ccccc1)C(=O)CN(c1ccc(F)c(F)c1)S(C)(=O)=O. The van der Waals surface area contributed by atoms with E-state index >= 15 is 0 Å². The number of carbonyl (C=O) groups excluding carboxylic acids is 2. The van der Waals surface area contributed by atoms with Crippen molar-refractivity contribution >= 4 is 27.5 Å². The Morgan fingerprint density at radius 2 is 1.71 bits per heavy atom. The minimum atomic E-state index is -4.01. The fourth-order valence-corrected chi connectivity index (χ4v) is 4.36. The quantitative estimate of drug-likeness (QED) is 0.490. The van der Waals surface area contributed by atoms with Gasteiger partial charge in [-0.1, -0.05) is 44.2 Å². The number of hydrogen-bond acceptors (Lipinski definition) is 4. The van der Waals surface area contributed by atoms with E-state index in [4.69, 9.17) is 0 Å². The Kier molecular flexibility index (Phi) is 9.97. The average molecular weight is 496 g/mol. The molecular formula is C24H31F2N3O4S. The summed E-state index contributed by atoms with van der Waals surface area (Å²) in [5.41, 5.74) is 0.769. The minimum Gasteiger partial charge on any atom is -0.354 e. The Morgan fingerprint density at radius 1 is 1.03 bits per heavy atom. The second kappa shape index (κ2) is 12.5. The zero-order valence-corrected chi connectivity index (χ0v) is 20.4. The zero-order chi connectivity index (χ0) is 25.3. The number of amides is 2. The molecule has 7 nitrogen and oxygen atoms in total. The molecule has 2 amide bonds. The summed E-state index contributed by atoms with van der Waals surface area (Å²) in [6.45, 7) is 3.64. The summed E-state index contributed by atoms with van der Waals surface area (Å²) in [5, 5.41) is 2.79. The lowest BCUT2D eigenvalue weighted by atomic mass is 10.1. The van der Waals surface area contributed by atoms with Gasteiger partial charge in [-0.05, 0) is 37.0 Å². The Balaban J connectivity index is 2.36. The van der Waals surface area contributed by atoms with Crippen LogP contribution < -0.4 is 9.62 Å². The number of sulfonamides is 1. The van der Waals surface area contributed by atoms with Crippen molar-refractivity contribution in [2.24, 2.45) is 0 Å². The highest BCUT2D eigenvalue weighted by Gasteiger charge is 2.31. The lowest BCUT2D eigenvalue weighted by Crippen LogP contribution is -2.53. The van der Waals surface area contributed by atoms with Crippen molar-refractivity contribution in [3.05, 3.63) is 65.7 Å². The molecule has 0 spiro atoms. The molecular weight excluding hydrogens is 464 g/mol. The molecule has 1 N–H and O–H groups in total. The maximum Gasteiger partial charge on any atom is 0.244 e. The Labute approximate surface area is 199 Å². The third-order valence-electron chi connectivity index (χ3n) is 5.29. The first kappa shape index (κ1) is 27.2. The van der Waals surface area contributed by atoms with Crippen molar-refractivity contribution in [3.8, 4) is 0 Å². The predicted molar refractivity (Wildman–Crippen MR) is 128 cm³/mol. The monoisotopic (exact) mass is 495 g/mol. The molecule has 0 aliphatic rings. The van der Waals surface area contributed by atoms with Crippen LogP contribution in [-0.2, 0) is 26.0 Å². The smallest absolute Gasteiger partial charge is 0.244 e. The normalized spacial score (nSPS) is 12.1. The summed E-state index contributed by atoms with van der Waals surface area (Å²) in [7, 11) is -4.01. The molecule has 0 aliphatic carbocycles. The molecule has 34 heavy (non-hydrogen) atoms. The molecule has 0 saturated heterocycles. The van der Waals surface area contributed by atoms with E-state index in [0.717, 1.165) is 36.4 Å². The maximum atomic E-state index is 13.8. The summed E-state index contributed by atoms with van der Waals surface area (Å²) < 4.78 is 52.8. The first-order valence-electron chi connectivity index (χ1n) is 11.1. The van der Waals surface area contributed by atoms with Gasteiger partial charge in [0.1, 0.15) is 12.6 Å². The number of nitrogens with one attached hydrogen (secondary N) is 1. The highest BCUT2D eigenvalue weighted by atomic mass is 32.2. The summed E-state index contributed by atoms with van der Waals surface area (Å²) in [5.74, 6) is -3.31. The largest absolute Gasteiger partial charge is 0.354 e. The van der Waals surface area contributed by atoms with Crippen molar-refractivity contribution in [1.29, 1.82) is 0 Å². The average Bonchev–Trinajstić information content (AvgIpc) is 2.80. The molecule has 0 aromatic heterocycles. The molecule has 10 heteroatoms. The van der Waals surface area contributed by atoms with Crippen molar-refractivity contribution in [2.75, 3.05) is 30.2 Å². The number of anilines is 1. The van der Waals surface area contributed by atoms with Crippen LogP contribution in [0.5, 0.6) is 0 Å². The zero-order valence-electron chi connectivity index (χ0n) is 19.6. The Morgan fingerprint density at radius 3 is 2.26 bits per heavy atom. The van der Waals surface area contributed by atoms with Gasteiger partial charge in [-0.3, -0.25) is 13.9 Å². The fourth-order valence-electron chi connectivity index (χ4n) is 3.52.